The molecule has 0 aliphatic heterocycles. The number of halogens is 1. The number of unbranched alkanes of at least 4 members (excludes halogenated alkanes) is 28. The summed E-state index contributed by atoms with van der Waals surface area (Å²) in [7, 11) is 4.93. The average Bonchev–Trinajstić information content (AvgIpc) is 2.88. The van der Waals surface area contributed by atoms with Crippen molar-refractivity contribution >= 4 is 0 Å². The molecule has 0 aromatic heterocycles. The van der Waals surface area contributed by atoms with E-state index >= 15 is 0 Å². The van der Waals surface area contributed by atoms with Crippen LogP contribution in [0.5, 0.6) is 0 Å². The summed E-state index contributed by atoms with van der Waals surface area (Å²) in [5.74, 6) is 0. The van der Waals surface area contributed by atoms with Crippen LogP contribution in [0.4, 0.5) is 0 Å². The zero-order valence-electron chi connectivity index (χ0n) is 27.5. The fourth-order valence-corrected chi connectivity index (χ4v) is 5.93. The predicted molar refractivity (Wildman–Crippen MR) is 172 cm³/mol. The minimum absolute atomic E-state index is 0. The molecule has 0 rings (SSSR count). The van der Waals surface area contributed by atoms with Crippen LogP contribution in [0.1, 0.15) is 206 Å². The first-order valence-electron chi connectivity index (χ1n) is 17.9. The molecule has 0 aromatic carbocycles. The third kappa shape index (κ3) is 34.5. The smallest absolute Gasteiger partial charge is 0.0782 e. The van der Waals surface area contributed by atoms with Crippen molar-refractivity contribution in [2.24, 2.45) is 0 Å². The molecule has 0 aromatic rings. The van der Waals surface area contributed by atoms with Crippen molar-refractivity contribution in [1.82, 2.24) is 0 Å². The maximum Gasteiger partial charge on any atom is 0.0782 e. The lowest BCUT2D eigenvalue weighted by atomic mass is 10.0. The molecule has 0 atom stereocenters. The topological polar surface area (TPSA) is 0 Å². The second kappa shape index (κ2) is 33.6. The van der Waals surface area contributed by atoms with Gasteiger partial charge >= 0.3 is 0 Å². The molecule has 0 fully saturated rings. The quantitative estimate of drug-likeness (QED) is 0.0531. The molecule has 0 radical (unpaired) electrons. The molecule has 0 saturated heterocycles. The van der Waals surface area contributed by atoms with Crippen LogP contribution in [0.15, 0.2) is 0 Å². The molecule has 0 amide bonds. The second-order valence-corrected chi connectivity index (χ2v) is 13.3. The summed E-state index contributed by atoms with van der Waals surface area (Å²) in [6.45, 7) is 7.39. The van der Waals surface area contributed by atoms with Gasteiger partial charge in [0.1, 0.15) is 0 Å². The molecular weight excluding hydrogens is 526 g/mol. The Morgan fingerprint density at radius 1 is 0.263 bits per heavy atom. The van der Waals surface area contributed by atoms with Gasteiger partial charge in [-0.2, -0.15) is 0 Å². The first-order valence-corrected chi connectivity index (χ1v) is 17.9. The Balaban J connectivity index is 0. The molecule has 0 unspecified atom stereocenters. The number of hydrogen-bond donors (Lipinski definition) is 0. The number of quaternary nitrogens is 1. The Morgan fingerprint density at radius 3 is 0.605 bits per heavy atom. The van der Waals surface area contributed by atoms with Gasteiger partial charge in [0.05, 0.1) is 27.2 Å². The summed E-state index contributed by atoms with van der Waals surface area (Å²) in [6.07, 6.45) is 43.9. The number of nitrogens with zero attached hydrogens (tertiary/aromatic N) is 1. The van der Waals surface area contributed by atoms with Crippen LogP contribution in [0.3, 0.4) is 0 Å². The van der Waals surface area contributed by atoms with Crippen molar-refractivity contribution in [3.63, 3.8) is 0 Å². The fraction of sp³-hybridized carbons (Fsp3) is 1.00. The van der Waals surface area contributed by atoms with Crippen LogP contribution in [-0.2, 0) is 0 Å². The Kier molecular flexibility index (Phi) is 35.9. The van der Waals surface area contributed by atoms with Crippen LogP contribution in [-0.4, -0.2) is 31.7 Å². The molecule has 0 N–H and O–H groups in total. The van der Waals surface area contributed by atoms with Crippen molar-refractivity contribution < 1.29 is 21.5 Å². The number of rotatable bonds is 32. The number of hydrogen-bond acceptors (Lipinski definition) is 0. The Hall–Kier alpha value is 0.440. The first-order chi connectivity index (χ1) is 18.1. The van der Waals surface area contributed by atoms with Gasteiger partial charge in [0.2, 0.25) is 0 Å². The third-order valence-corrected chi connectivity index (χ3v) is 8.73. The zero-order valence-corrected chi connectivity index (χ0v) is 29.0. The van der Waals surface area contributed by atoms with Crippen molar-refractivity contribution in [3.8, 4) is 0 Å². The molecule has 0 aliphatic rings. The maximum atomic E-state index is 2.47. The highest BCUT2D eigenvalue weighted by Crippen LogP contribution is 2.16. The van der Waals surface area contributed by atoms with Gasteiger partial charge < -0.3 is 21.5 Å². The van der Waals surface area contributed by atoms with Gasteiger partial charge in [-0.15, -0.1) is 0 Å². The summed E-state index contributed by atoms with van der Waals surface area (Å²) in [6, 6.07) is 0. The van der Waals surface area contributed by atoms with Crippen molar-refractivity contribution in [2.75, 3.05) is 27.2 Å². The minimum Gasteiger partial charge on any atom is -1.00 e. The van der Waals surface area contributed by atoms with E-state index in [0.29, 0.717) is 0 Å². The summed E-state index contributed by atoms with van der Waals surface area (Å²) in [5, 5.41) is 0. The predicted octanol–water partition coefficient (Wildman–Crippen LogP) is 9.81. The van der Waals surface area contributed by atoms with Gasteiger partial charge in [-0.05, 0) is 25.7 Å². The van der Waals surface area contributed by atoms with Crippen LogP contribution in [0, 0.1) is 0 Å². The lowest BCUT2D eigenvalue weighted by Gasteiger charge is -2.30. The summed E-state index contributed by atoms with van der Waals surface area (Å²) >= 11 is 0. The Bertz CT molecular complexity index is 372. The average molecular weight is 603 g/mol. The largest absolute Gasteiger partial charge is 1.00 e. The van der Waals surface area contributed by atoms with E-state index in [1.807, 2.05) is 0 Å². The molecule has 0 saturated carbocycles. The zero-order chi connectivity index (χ0) is 27.1. The first kappa shape index (κ1) is 40.6. The lowest BCUT2D eigenvalue weighted by Crippen LogP contribution is -3.00. The highest BCUT2D eigenvalue weighted by Gasteiger charge is 2.13. The molecule has 0 bridgehead atoms. The standard InChI is InChI=1S/C36H76N.BrH/c1-5-7-9-11-13-15-17-19-21-23-25-27-29-31-33-35-37(3,4)36-34-32-30-28-26-24-22-20-18-16-14-12-10-8-6-2;/h5-36H2,1-4H3;1H/q+1;/p-1. The Morgan fingerprint density at radius 2 is 0.421 bits per heavy atom. The van der Waals surface area contributed by atoms with Crippen molar-refractivity contribution in [2.45, 2.75) is 206 Å². The van der Waals surface area contributed by atoms with Crippen LogP contribution in [0.2, 0.25) is 0 Å². The van der Waals surface area contributed by atoms with E-state index in [-0.39, 0.29) is 17.0 Å². The third-order valence-electron chi connectivity index (χ3n) is 8.73. The summed E-state index contributed by atoms with van der Waals surface area (Å²) in [4.78, 5) is 0. The van der Waals surface area contributed by atoms with Crippen LogP contribution < -0.4 is 17.0 Å². The van der Waals surface area contributed by atoms with Gasteiger partial charge in [-0.25, -0.2) is 0 Å². The maximum absolute atomic E-state index is 2.47. The van der Waals surface area contributed by atoms with E-state index in [2.05, 4.69) is 27.9 Å². The van der Waals surface area contributed by atoms with E-state index in [1.54, 1.807) is 0 Å². The fourth-order valence-electron chi connectivity index (χ4n) is 5.93. The molecule has 0 aliphatic carbocycles. The molecule has 232 valence electrons. The molecule has 2 heteroatoms. The van der Waals surface area contributed by atoms with E-state index in [0.717, 1.165) is 0 Å². The van der Waals surface area contributed by atoms with Gasteiger partial charge in [-0.1, -0.05) is 181 Å². The normalized spacial score (nSPS) is 11.7. The van der Waals surface area contributed by atoms with Crippen molar-refractivity contribution in [3.05, 3.63) is 0 Å². The SMILES string of the molecule is CCCCCCCCCCCCCCCCC[N+](C)(C)CCCCCCCCCCCCCCCCC.[Br-]. The van der Waals surface area contributed by atoms with Crippen molar-refractivity contribution in [1.29, 1.82) is 0 Å². The van der Waals surface area contributed by atoms with Gasteiger partial charge in [-0.3, -0.25) is 0 Å². The summed E-state index contributed by atoms with van der Waals surface area (Å²) < 4.78 is 1.25. The van der Waals surface area contributed by atoms with E-state index < -0.39 is 0 Å². The highest BCUT2D eigenvalue weighted by atomic mass is 79.9. The molecule has 38 heavy (non-hydrogen) atoms. The highest BCUT2D eigenvalue weighted by molar-refractivity contribution is 4.52. The molecular formula is C36H76BrN. The lowest BCUT2D eigenvalue weighted by molar-refractivity contribution is -0.890. The van der Waals surface area contributed by atoms with Crippen LogP contribution in [0.25, 0.3) is 0 Å². The minimum atomic E-state index is 0. The summed E-state index contributed by atoms with van der Waals surface area (Å²) in [5.41, 5.74) is 0. The van der Waals surface area contributed by atoms with Gasteiger partial charge in [0.15, 0.2) is 0 Å². The van der Waals surface area contributed by atoms with E-state index in [1.165, 1.54) is 210 Å². The van der Waals surface area contributed by atoms with E-state index in [4.69, 9.17) is 0 Å². The monoisotopic (exact) mass is 602 g/mol. The Labute approximate surface area is 254 Å². The molecule has 0 spiro atoms. The van der Waals surface area contributed by atoms with Gasteiger partial charge in [0, 0.05) is 0 Å². The van der Waals surface area contributed by atoms with Gasteiger partial charge in [0.25, 0.3) is 0 Å². The second-order valence-electron chi connectivity index (χ2n) is 13.3. The molecule has 1 nitrogen and oxygen atoms in total. The molecule has 0 heterocycles. The van der Waals surface area contributed by atoms with E-state index in [9.17, 15) is 0 Å². The van der Waals surface area contributed by atoms with Crippen LogP contribution >= 0.6 is 0 Å².